The molecule has 0 saturated heterocycles. The molecule has 34 heavy (non-hydrogen) atoms. The Morgan fingerprint density at radius 3 is 2.71 bits per heavy atom. The topological polar surface area (TPSA) is 106 Å². The Labute approximate surface area is 201 Å². The molecule has 2 heterocycles. The number of hydrogen-bond acceptors (Lipinski definition) is 7. The summed E-state index contributed by atoms with van der Waals surface area (Å²) >= 11 is 1.61. The largest absolute Gasteiger partial charge is 0.497 e. The van der Waals surface area contributed by atoms with E-state index in [2.05, 4.69) is 4.98 Å². The molecule has 0 radical (unpaired) electrons. The Balaban J connectivity index is 1.88. The first-order valence-corrected chi connectivity index (χ1v) is 12.0. The molecule has 9 heteroatoms. The van der Waals surface area contributed by atoms with Gasteiger partial charge < -0.3 is 14.6 Å². The van der Waals surface area contributed by atoms with Gasteiger partial charge in [0.05, 0.1) is 25.6 Å². The third-order valence-electron chi connectivity index (χ3n) is 5.75. The Hall–Kier alpha value is -3.46. The van der Waals surface area contributed by atoms with Gasteiger partial charge in [0.15, 0.2) is 0 Å². The normalized spacial score (nSPS) is 15.3. The minimum atomic E-state index is -0.654. The summed E-state index contributed by atoms with van der Waals surface area (Å²) < 4.78 is 12.2. The zero-order valence-corrected chi connectivity index (χ0v) is 20.1. The third kappa shape index (κ3) is 4.61. The van der Waals surface area contributed by atoms with Crippen LogP contribution in [-0.2, 0) is 6.54 Å². The number of rotatable bonds is 7. The molecular formula is C25H27N3O5S. The summed E-state index contributed by atoms with van der Waals surface area (Å²) in [7, 11) is 3.20. The van der Waals surface area contributed by atoms with E-state index in [1.54, 1.807) is 26.0 Å². The van der Waals surface area contributed by atoms with Gasteiger partial charge in [-0.25, -0.2) is 4.79 Å². The van der Waals surface area contributed by atoms with Crippen LogP contribution < -0.4 is 20.7 Å². The number of aromatic hydroxyl groups is 1. The first-order valence-electron chi connectivity index (χ1n) is 11.1. The van der Waals surface area contributed by atoms with Crippen LogP contribution in [0.4, 0.5) is 5.69 Å². The van der Waals surface area contributed by atoms with E-state index in [1.807, 2.05) is 49.4 Å². The molecule has 0 bridgehead atoms. The van der Waals surface area contributed by atoms with Gasteiger partial charge in [0.1, 0.15) is 17.1 Å². The van der Waals surface area contributed by atoms with E-state index >= 15 is 0 Å². The van der Waals surface area contributed by atoms with E-state index in [4.69, 9.17) is 14.5 Å². The Morgan fingerprint density at radius 2 is 1.97 bits per heavy atom. The average Bonchev–Trinajstić information content (AvgIpc) is 3.02. The number of aliphatic imine (C=N–C) groups is 1. The number of ether oxygens (including phenoxy) is 2. The predicted molar refractivity (Wildman–Crippen MR) is 133 cm³/mol. The van der Waals surface area contributed by atoms with Crippen molar-refractivity contribution in [2.24, 2.45) is 4.99 Å². The van der Waals surface area contributed by atoms with E-state index in [0.717, 1.165) is 16.9 Å². The second-order valence-corrected chi connectivity index (χ2v) is 9.15. The number of fused-ring (bicyclic) bond motifs is 1. The van der Waals surface area contributed by atoms with Crippen LogP contribution in [0.1, 0.15) is 42.6 Å². The van der Waals surface area contributed by atoms with Crippen LogP contribution in [0.25, 0.3) is 0 Å². The molecular weight excluding hydrogens is 454 g/mol. The first-order chi connectivity index (χ1) is 16.5. The smallest absolute Gasteiger partial charge is 0.331 e. The lowest BCUT2D eigenvalue weighted by Crippen LogP contribution is -2.34. The van der Waals surface area contributed by atoms with E-state index in [0.29, 0.717) is 42.3 Å². The Bertz CT molecular complexity index is 1350. The maximum Gasteiger partial charge on any atom is 0.331 e. The van der Waals surface area contributed by atoms with Crippen molar-refractivity contribution in [2.75, 3.05) is 14.2 Å². The van der Waals surface area contributed by atoms with Crippen molar-refractivity contribution in [3.8, 4) is 17.4 Å². The number of hydrogen-bond donors (Lipinski definition) is 2. The number of para-hydroxylation sites is 1. The highest BCUT2D eigenvalue weighted by atomic mass is 32.2. The molecule has 1 atom stereocenters. The second kappa shape index (κ2) is 10.2. The molecule has 1 aliphatic rings. The van der Waals surface area contributed by atoms with Crippen LogP contribution in [0.15, 0.2) is 61.9 Å². The van der Waals surface area contributed by atoms with Crippen molar-refractivity contribution >= 4 is 23.2 Å². The Kier molecular flexibility index (Phi) is 7.12. The highest BCUT2D eigenvalue weighted by Gasteiger charge is 2.28. The van der Waals surface area contributed by atoms with E-state index in [-0.39, 0.29) is 16.7 Å². The molecule has 178 valence electrons. The van der Waals surface area contributed by atoms with Crippen LogP contribution in [0, 0.1) is 0 Å². The molecule has 0 amide bonds. The summed E-state index contributed by atoms with van der Waals surface area (Å²) in [5, 5.41) is 10.8. The van der Waals surface area contributed by atoms with Gasteiger partial charge in [0.2, 0.25) is 5.88 Å². The monoisotopic (exact) mass is 481 g/mol. The van der Waals surface area contributed by atoms with Gasteiger partial charge in [-0.05, 0) is 24.6 Å². The molecule has 0 aliphatic carbocycles. The zero-order valence-electron chi connectivity index (χ0n) is 19.3. The number of benzene rings is 2. The standard InChI is InChI=1S/C25H27N3O5S/c1-4-5-12-28-24(30)22(23(29)27-25(28)31)18-14-21(34-20-9-7-6-8-17(20)26-18)16-11-10-15(32-2)13-19(16)33-3/h6-11,13,21,30H,4-5,12,14H2,1-3H3,(H,27,29,31)/t21-/m0/s1. The van der Waals surface area contributed by atoms with Gasteiger partial charge in [0, 0.05) is 34.7 Å². The van der Waals surface area contributed by atoms with Crippen LogP contribution in [0.3, 0.4) is 0 Å². The molecule has 0 saturated carbocycles. The lowest BCUT2D eigenvalue weighted by atomic mass is 10.0. The number of thioether (sulfide) groups is 1. The van der Waals surface area contributed by atoms with Crippen molar-refractivity contribution in [1.29, 1.82) is 0 Å². The van der Waals surface area contributed by atoms with Gasteiger partial charge in [-0.2, -0.15) is 0 Å². The molecule has 1 aromatic heterocycles. The van der Waals surface area contributed by atoms with Gasteiger partial charge in [0.25, 0.3) is 5.56 Å². The molecule has 8 nitrogen and oxygen atoms in total. The predicted octanol–water partition coefficient (Wildman–Crippen LogP) is 4.42. The summed E-state index contributed by atoms with van der Waals surface area (Å²) in [5.74, 6) is 0.970. The molecule has 3 aromatic rings. The van der Waals surface area contributed by atoms with Crippen LogP contribution in [0.5, 0.6) is 17.4 Å². The number of aromatic amines is 1. The van der Waals surface area contributed by atoms with E-state index in [1.165, 1.54) is 4.57 Å². The number of H-pyrrole nitrogens is 1. The minimum Gasteiger partial charge on any atom is -0.497 e. The number of unbranched alkanes of at least 4 members (excludes halogenated alkanes) is 1. The van der Waals surface area contributed by atoms with Crippen molar-refractivity contribution < 1.29 is 14.6 Å². The van der Waals surface area contributed by atoms with Gasteiger partial charge in [-0.15, -0.1) is 11.8 Å². The summed E-state index contributed by atoms with van der Waals surface area (Å²) in [6, 6.07) is 13.3. The van der Waals surface area contributed by atoms with Crippen LogP contribution in [0.2, 0.25) is 0 Å². The number of methoxy groups -OCH3 is 2. The second-order valence-electron chi connectivity index (χ2n) is 7.91. The fourth-order valence-corrected chi connectivity index (χ4v) is 5.23. The van der Waals surface area contributed by atoms with Crippen LogP contribution >= 0.6 is 11.8 Å². The van der Waals surface area contributed by atoms with E-state index < -0.39 is 11.2 Å². The summed E-state index contributed by atoms with van der Waals surface area (Å²) in [4.78, 5) is 33.4. The van der Waals surface area contributed by atoms with Gasteiger partial charge in [-0.1, -0.05) is 31.5 Å². The molecule has 2 aromatic carbocycles. The third-order valence-corrected chi connectivity index (χ3v) is 7.06. The van der Waals surface area contributed by atoms with Crippen molar-refractivity contribution in [2.45, 2.75) is 42.9 Å². The van der Waals surface area contributed by atoms with Crippen LogP contribution in [-0.4, -0.2) is 34.6 Å². The van der Waals surface area contributed by atoms with Gasteiger partial charge in [-0.3, -0.25) is 19.3 Å². The number of nitrogens with zero attached hydrogens (tertiary/aromatic N) is 2. The Morgan fingerprint density at radius 1 is 1.18 bits per heavy atom. The fraction of sp³-hybridized carbons (Fsp3) is 0.320. The summed E-state index contributed by atoms with van der Waals surface area (Å²) in [6.07, 6.45) is 1.87. The highest BCUT2D eigenvalue weighted by Crippen LogP contribution is 2.48. The van der Waals surface area contributed by atoms with Crippen molar-refractivity contribution in [3.05, 3.63) is 74.4 Å². The van der Waals surface area contributed by atoms with E-state index in [9.17, 15) is 14.7 Å². The quantitative estimate of drug-likeness (QED) is 0.518. The number of aromatic nitrogens is 2. The maximum atomic E-state index is 12.9. The fourth-order valence-electron chi connectivity index (χ4n) is 3.97. The lowest BCUT2D eigenvalue weighted by molar-refractivity contribution is 0.391. The highest BCUT2D eigenvalue weighted by molar-refractivity contribution is 7.99. The minimum absolute atomic E-state index is 0.0190. The molecule has 1 aliphatic heterocycles. The van der Waals surface area contributed by atoms with Gasteiger partial charge >= 0.3 is 5.69 Å². The lowest BCUT2D eigenvalue weighted by Gasteiger charge is -2.20. The SMILES string of the molecule is CCCCn1c(O)c(C2=Nc3ccccc3S[C@H](c3ccc(OC)cc3OC)C2)c(=O)[nH]c1=O. The summed E-state index contributed by atoms with van der Waals surface area (Å²) in [6.45, 7) is 2.30. The average molecular weight is 482 g/mol. The molecule has 0 spiro atoms. The molecule has 2 N–H and O–H groups in total. The van der Waals surface area contributed by atoms with Crippen molar-refractivity contribution in [3.63, 3.8) is 0 Å². The number of nitrogens with one attached hydrogen (secondary N) is 1. The molecule has 0 fully saturated rings. The molecule has 0 unspecified atom stereocenters. The maximum absolute atomic E-state index is 12.9. The summed E-state index contributed by atoms with van der Waals surface area (Å²) in [5.41, 5.74) is 0.751. The molecule has 4 rings (SSSR count). The zero-order chi connectivity index (χ0) is 24.2. The first kappa shape index (κ1) is 23.7. The van der Waals surface area contributed by atoms with Crippen molar-refractivity contribution in [1.82, 2.24) is 9.55 Å².